The van der Waals surface area contributed by atoms with Gasteiger partial charge in [-0.05, 0) is 118 Å². The first-order chi connectivity index (χ1) is 17.6. The maximum atomic E-state index is 11.3. The van der Waals surface area contributed by atoms with Gasteiger partial charge in [-0.15, -0.1) is 0 Å². The summed E-state index contributed by atoms with van der Waals surface area (Å²) in [5.41, 5.74) is 3.62. The number of fused-ring (bicyclic) bond motifs is 1. The summed E-state index contributed by atoms with van der Waals surface area (Å²) >= 11 is 0. The largest absolute Gasteiger partial charge is 0.497 e. The highest BCUT2D eigenvalue weighted by Crippen LogP contribution is 2.32. The smallest absolute Gasteiger partial charge is 0.303 e. The van der Waals surface area contributed by atoms with Crippen molar-refractivity contribution in [2.24, 2.45) is 11.8 Å². The molecule has 0 spiro atoms. The number of nitrogens with zero attached hydrogens (tertiary/aromatic N) is 3. The second kappa shape index (κ2) is 13.4. The fourth-order valence-corrected chi connectivity index (χ4v) is 5.67. The maximum absolute atomic E-state index is 11.3. The summed E-state index contributed by atoms with van der Waals surface area (Å²) in [4.78, 5) is 22.6. The lowest BCUT2D eigenvalue weighted by Crippen LogP contribution is -2.41. The van der Waals surface area contributed by atoms with Crippen LogP contribution in [0.3, 0.4) is 0 Å². The van der Waals surface area contributed by atoms with E-state index in [9.17, 15) is 9.90 Å². The Morgan fingerprint density at radius 2 is 2.00 bits per heavy atom. The van der Waals surface area contributed by atoms with E-state index in [-0.39, 0.29) is 6.42 Å². The summed E-state index contributed by atoms with van der Waals surface area (Å²) in [5.74, 6) is 1.24. The number of unbranched alkanes of at least 4 members (excludes halogenated alkanes) is 1. The Bertz CT molecular complexity index is 1110. The van der Waals surface area contributed by atoms with Crippen molar-refractivity contribution in [3.05, 3.63) is 66.1 Å². The van der Waals surface area contributed by atoms with Crippen LogP contribution in [0.25, 0.3) is 10.9 Å². The van der Waals surface area contributed by atoms with Crippen molar-refractivity contribution in [1.29, 1.82) is 0 Å². The van der Waals surface area contributed by atoms with E-state index in [0.717, 1.165) is 75.8 Å². The molecule has 6 heteroatoms. The molecule has 1 aliphatic rings. The van der Waals surface area contributed by atoms with Crippen LogP contribution in [0.15, 0.2) is 55.0 Å². The topological polar surface area (TPSA) is 75.5 Å². The van der Waals surface area contributed by atoms with Gasteiger partial charge < -0.3 is 14.7 Å². The van der Waals surface area contributed by atoms with Gasteiger partial charge in [0.2, 0.25) is 0 Å². The SMILES string of the molecule is COc1ccc2nccc(CCCC3CCN(CCCCc4cccnc4)CC3CCC(=O)O)c2c1. The van der Waals surface area contributed by atoms with Crippen molar-refractivity contribution in [3.8, 4) is 5.75 Å². The molecule has 1 fully saturated rings. The molecule has 1 aliphatic heterocycles. The monoisotopic (exact) mass is 489 g/mol. The third kappa shape index (κ3) is 7.50. The van der Waals surface area contributed by atoms with Gasteiger partial charge in [-0.2, -0.15) is 0 Å². The van der Waals surface area contributed by atoms with E-state index >= 15 is 0 Å². The molecule has 1 saturated heterocycles. The van der Waals surface area contributed by atoms with Gasteiger partial charge in [0.15, 0.2) is 0 Å². The molecule has 192 valence electrons. The zero-order valence-electron chi connectivity index (χ0n) is 21.4. The van der Waals surface area contributed by atoms with Crippen LogP contribution < -0.4 is 4.74 Å². The van der Waals surface area contributed by atoms with Crippen LogP contribution in [0.1, 0.15) is 56.1 Å². The number of benzene rings is 1. The highest BCUT2D eigenvalue weighted by molar-refractivity contribution is 5.83. The van der Waals surface area contributed by atoms with Crippen LogP contribution in [0, 0.1) is 11.8 Å². The van der Waals surface area contributed by atoms with Crippen molar-refractivity contribution in [2.45, 2.75) is 57.8 Å². The Balaban J connectivity index is 1.28. The lowest BCUT2D eigenvalue weighted by atomic mass is 9.79. The number of carbonyl (C=O) groups is 1. The molecule has 4 rings (SSSR count). The molecule has 6 nitrogen and oxygen atoms in total. The third-order valence-electron chi connectivity index (χ3n) is 7.68. The van der Waals surface area contributed by atoms with Gasteiger partial charge in [-0.25, -0.2) is 0 Å². The van der Waals surface area contributed by atoms with Gasteiger partial charge in [0, 0.05) is 36.9 Å². The molecule has 3 heterocycles. The minimum Gasteiger partial charge on any atom is -0.497 e. The third-order valence-corrected chi connectivity index (χ3v) is 7.68. The lowest BCUT2D eigenvalue weighted by molar-refractivity contribution is -0.137. The quantitative estimate of drug-likeness (QED) is 0.307. The number of aromatic nitrogens is 2. The first-order valence-electron chi connectivity index (χ1n) is 13.4. The number of carboxylic acids is 1. The molecule has 2 unspecified atom stereocenters. The average Bonchev–Trinajstić information content (AvgIpc) is 2.91. The molecule has 0 amide bonds. The number of methoxy groups -OCH3 is 1. The Morgan fingerprint density at radius 3 is 2.81 bits per heavy atom. The predicted octanol–water partition coefficient (Wildman–Crippen LogP) is 5.79. The average molecular weight is 490 g/mol. The highest BCUT2D eigenvalue weighted by Gasteiger charge is 2.29. The Hall–Kier alpha value is -2.99. The Labute approximate surface area is 214 Å². The molecule has 0 saturated carbocycles. The summed E-state index contributed by atoms with van der Waals surface area (Å²) in [6.45, 7) is 3.25. The summed E-state index contributed by atoms with van der Waals surface area (Å²) in [6, 6.07) is 12.3. The van der Waals surface area contributed by atoms with Crippen LogP contribution in [-0.2, 0) is 17.6 Å². The van der Waals surface area contributed by atoms with Crippen molar-refractivity contribution >= 4 is 16.9 Å². The molecule has 1 aromatic carbocycles. The molecule has 3 aromatic rings. The number of pyridine rings is 2. The zero-order chi connectivity index (χ0) is 25.2. The van der Waals surface area contributed by atoms with Gasteiger partial charge in [-0.3, -0.25) is 14.8 Å². The van der Waals surface area contributed by atoms with Crippen LogP contribution >= 0.6 is 0 Å². The molecule has 1 N–H and O–H groups in total. The second-order valence-electron chi connectivity index (χ2n) is 10.1. The fourth-order valence-electron chi connectivity index (χ4n) is 5.67. The standard InChI is InChI=1S/C30H39N3O3/c1-36-27-11-12-29-28(20-27)25(14-17-32-29)9-4-8-24-15-19-33(22-26(24)10-13-30(34)35)18-3-2-6-23-7-5-16-31-21-23/h5,7,11-12,14,16-17,20-21,24,26H,2-4,6,8-10,13,15,18-19,22H2,1H3,(H,34,35). The summed E-state index contributed by atoms with van der Waals surface area (Å²) in [7, 11) is 1.70. The number of aliphatic carboxylic acids is 1. The van der Waals surface area contributed by atoms with Gasteiger partial charge in [0.25, 0.3) is 0 Å². The summed E-state index contributed by atoms with van der Waals surface area (Å²) in [6.07, 6.45) is 14.5. The number of hydrogen-bond acceptors (Lipinski definition) is 5. The first-order valence-corrected chi connectivity index (χ1v) is 13.4. The van der Waals surface area contributed by atoms with E-state index in [4.69, 9.17) is 4.74 Å². The zero-order valence-corrected chi connectivity index (χ0v) is 21.4. The fraction of sp³-hybridized carbons (Fsp3) is 0.500. The van der Waals surface area contributed by atoms with E-state index in [0.29, 0.717) is 11.8 Å². The van der Waals surface area contributed by atoms with E-state index < -0.39 is 5.97 Å². The number of aryl methyl sites for hydroxylation is 2. The normalized spacial score (nSPS) is 18.4. The molecule has 36 heavy (non-hydrogen) atoms. The van der Waals surface area contributed by atoms with Crippen LogP contribution in [0.5, 0.6) is 5.75 Å². The van der Waals surface area contributed by atoms with Crippen molar-refractivity contribution < 1.29 is 14.6 Å². The van der Waals surface area contributed by atoms with Crippen LogP contribution in [0.4, 0.5) is 0 Å². The Morgan fingerprint density at radius 1 is 1.08 bits per heavy atom. The lowest BCUT2D eigenvalue weighted by Gasteiger charge is -2.39. The molecule has 0 radical (unpaired) electrons. The Kier molecular flexibility index (Phi) is 9.68. The molecule has 2 atom stereocenters. The number of piperidine rings is 1. The number of rotatable bonds is 13. The van der Waals surface area contributed by atoms with E-state index in [1.807, 2.05) is 36.8 Å². The number of likely N-dealkylation sites (tertiary alicyclic amines) is 1. The van der Waals surface area contributed by atoms with Gasteiger partial charge in [-0.1, -0.05) is 6.07 Å². The van der Waals surface area contributed by atoms with Gasteiger partial charge in [0.1, 0.15) is 5.75 Å². The van der Waals surface area contributed by atoms with Crippen LogP contribution in [0.2, 0.25) is 0 Å². The van der Waals surface area contributed by atoms with Crippen molar-refractivity contribution in [1.82, 2.24) is 14.9 Å². The van der Waals surface area contributed by atoms with E-state index in [2.05, 4.69) is 33.1 Å². The molecule has 0 aliphatic carbocycles. The minimum absolute atomic E-state index is 0.269. The second-order valence-corrected chi connectivity index (χ2v) is 10.1. The van der Waals surface area contributed by atoms with Crippen molar-refractivity contribution in [2.75, 3.05) is 26.7 Å². The molecular formula is C30H39N3O3. The molecule has 2 aromatic heterocycles. The first kappa shape index (κ1) is 26.1. The van der Waals surface area contributed by atoms with E-state index in [1.54, 1.807) is 7.11 Å². The highest BCUT2D eigenvalue weighted by atomic mass is 16.5. The maximum Gasteiger partial charge on any atom is 0.303 e. The predicted molar refractivity (Wildman–Crippen MR) is 143 cm³/mol. The number of carboxylic acid groups (broad SMARTS) is 1. The molecule has 0 bridgehead atoms. The summed E-state index contributed by atoms with van der Waals surface area (Å²) < 4.78 is 5.42. The van der Waals surface area contributed by atoms with Gasteiger partial charge >= 0.3 is 5.97 Å². The van der Waals surface area contributed by atoms with Gasteiger partial charge in [0.05, 0.1) is 12.6 Å². The van der Waals surface area contributed by atoms with Crippen LogP contribution in [-0.4, -0.2) is 52.7 Å². The molecular weight excluding hydrogens is 450 g/mol. The number of ether oxygens (including phenoxy) is 1. The number of hydrogen-bond donors (Lipinski definition) is 1. The summed E-state index contributed by atoms with van der Waals surface area (Å²) in [5, 5.41) is 10.5. The van der Waals surface area contributed by atoms with Crippen molar-refractivity contribution in [3.63, 3.8) is 0 Å². The minimum atomic E-state index is -0.681. The van der Waals surface area contributed by atoms with E-state index in [1.165, 1.54) is 22.9 Å².